The molecule has 0 aliphatic carbocycles. The molecule has 0 unspecified atom stereocenters. The van der Waals surface area contributed by atoms with Gasteiger partial charge in [-0.15, -0.1) is 11.8 Å². The molecule has 2 amide bonds. The first-order valence-electron chi connectivity index (χ1n) is 9.84. The van der Waals surface area contributed by atoms with Crippen molar-refractivity contribution in [3.05, 3.63) is 68.7 Å². The first-order valence-corrected chi connectivity index (χ1v) is 12.1. The lowest BCUT2D eigenvalue weighted by molar-refractivity contribution is -0.139. The van der Waals surface area contributed by atoms with Gasteiger partial charge >= 0.3 is 0 Å². The van der Waals surface area contributed by atoms with E-state index in [1.54, 1.807) is 24.0 Å². The molecule has 168 valence electrons. The van der Waals surface area contributed by atoms with Gasteiger partial charge in [-0.1, -0.05) is 53.0 Å². The average molecular weight is 502 g/mol. The van der Waals surface area contributed by atoms with Crippen molar-refractivity contribution in [3.8, 4) is 0 Å². The number of amides is 2. The quantitative estimate of drug-likeness (QED) is 0.468. The third-order valence-electron chi connectivity index (χ3n) is 4.39. The number of hydrogen-bond acceptors (Lipinski definition) is 3. The zero-order valence-corrected chi connectivity index (χ0v) is 21.1. The van der Waals surface area contributed by atoms with Crippen LogP contribution in [0.5, 0.6) is 0 Å². The molecule has 0 fully saturated rings. The van der Waals surface area contributed by atoms with E-state index in [9.17, 15) is 9.59 Å². The lowest BCUT2D eigenvalue weighted by Crippen LogP contribution is -2.52. The van der Waals surface area contributed by atoms with E-state index < -0.39 is 11.6 Å². The van der Waals surface area contributed by atoms with Crippen LogP contribution in [-0.2, 0) is 21.9 Å². The number of carbonyl (C=O) groups is 2. The van der Waals surface area contributed by atoms with Crippen LogP contribution in [0.3, 0.4) is 0 Å². The van der Waals surface area contributed by atoms with Crippen LogP contribution in [0, 0.1) is 0 Å². The minimum absolute atomic E-state index is 0.130. The van der Waals surface area contributed by atoms with Crippen LogP contribution in [0.4, 0.5) is 0 Å². The van der Waals surface area contributed by atoms with E-state index in [-0.39, 0.29) is 24.1 Å². The van der Waals surface area contributed by atoms with E-state index in [2.05, 4.69) is 5.32 Å². The minimum atomic E-state index is -0.645. The van der Waals surface area contributed by atoms with Gasteiger partial charge in [0.1, 0.15) is 6.04 Å². The maximum atomic E-state index is 13.1. The molecule has 0 aliphatic heterocycles. The zero-order valence-electron chi connectivity index (χ0n) is 18.0. The van der Waals surface area contributed by atoms with Crippen LogP contribution in [0.15, 0.2) is 42.5 Å². The van der Waals surface area contributed by atoms with Gasteiger partial charge in [0, 0.05) is 22.9 Å². The Balaban J connectivity index is 2.13. The fourth-order valence-corrected chi connectivity index (χ4v) is 4.25. The molecule has 0 saturated carbocycles. The summed E-state index contributed by atoms with van der Waals surface area (Å²) in [6.45, 7) is 7.71. The van der Waals surface area contributed by atoms with Crippen LogP contribution in [0.2, 0.25) is 15.1 Å². The van der Waals surface area contributed by atoms with Crippen molar-refractivity contribution in [3.63, 3.8) is 0 Å². The van der Waals surface area contributed by atoms with Crippen molar-refractivity contribution in [2.45, 2.75) is 51.6 Å². The van der Waals surface area contributed by atoms with Gasteiger partial charge in [-0.25, -0.2) is 0 Å². The third-order valence-corrected chi connectivity index (χ3v) is 6.35. The lowest BCUT2D eigenvalue weighted by Gasteiger charge is -2.31. The van der Waals surface area contributed by atoms with Gasteiger partial charge < -0.3 is 10.2 Å². The Bertz CT molecular complexity index is 931. The standard InChI is InChI=1S/C23H27Cl3N2O2S/c1-15(22(30)27-23(2,3)4)28(12-16-8-9-19(25)20(26)11-16)21(29)14-31-13-17-6-5-7-18(24)10-17/h5-11,15H,12-14H2,1-4H3,(H,27,30)/t15-/m1/s1. The second kappa shape index (κ2) is 11.5. The van der Waals surface area contributed by atoms with Gasteiger partial charge in [0.25, 0.3) is 0 Å². The predicted octanol–water partition coefficient (Wildman–Crippen LogP) is 6.21. The van der Waals surface area contributed by atoms with Crippen LogP contribution in [0.25, 0.3) is 0 Å². The number of carbonyl (C=O) groups excluding carboxylic acids is 2. The summed E-state index contributed by atoms with van der Waals surface area (Å²) in [5.41, 5.74) is 1.45. The number of hydrogen-bond donors (Lipinski definition) is 1. The highest BCUT2D eigenvalue weighted by atomic mass is 35.5. The summed E-state index contributed by atoms with van der Waals surface area (Å²) < 4.78 is 0. The van der Waals surface area contributed by atoms with Crippen LogP contribution < -0.4 is 5.32 Å². The van der Waals surface area contributed by atoms with Crippen molar-refractivity contribution in [2.24, 2.45) is 0 Å². The van der Waals surface area contributed by atoms with E-state index in [4.69, 9.17) is 34.8 Å². The Morgan fingerprint density at radius 2 is 1.74 bits per heavy atom. The number of benzene rings is 2. The fourth-order valence-electron chi connectivity index (χ4n) is 2.86. The van der Waals surface area contributed by atoms with Gasteiger partial charge in [0.05, 0.1) is 15.8 Å². The Hall–Kier alpha value is -1.40. The zero-order chi connectivity index (χ0) is 23.2. The summed E-state index contributed by atoms with van der Waals surface area (Å²) in [6, 6.07) is 12.1. The van der Waals surface area contributed by atoms with Crippen molar-refractivity contribution in [2.75, 3.05) is 5.75 Å². The molecular weight excluding hydrogens is 475 g/mol. The van der Waals surface area contributed by atoms with E-state index in [1.165, 1.54) is 11.8 Å². The average Bonchev–Trinajstić information content (AvgIpc) is 2.67. The highest BCUT2D eigenvalue weighted by molar-refractivity contribution is 7.99. The second-order valence-corrected chi connectivity index (χ2v) is 10.5. The molecule has 1 atom stereocenters. The van der Waals surface area contributed by atoms with E-state index in [0.717, 1.165) is 11.1 Å². The van der Waals surface area contributed by atoms with Gasteiger partial charge in [-0.2, -0.15) is 0 Å². The SMILES string of the molecule is C[C@H](C(=O)NC(C)(C)C)N(Cc1ccc(Cl)c(Cl)c1)C(=O)CSCc1cccc(Cl)c1. The first kappa shape index (κ1) is 25.9. The maximum Gasteiger partial charge on any atom is 0.242 e. The fraction of sp³-hybridized carbons (Fsp3) is 0.391. The van der Waals surface area contributed by atoms with E-state index >= 15 is 0 Å². The van der Waals surface area contributed by atoms with Crippen LogP contribution in [0.1, 0.15) is 38.8 Å². The van der Waals surface area contributed by atoms with Crippen molar-refractivity contribution < 1.29 is 9.59 Å². The molecule has 4 nitrogen and oxygen atoms in total. The molecule has 0 radical (unpaired) electrons. The van der Waals surface area contributed by atoms with Gasteiger partial charge in [0.15, 0.2) is 0 Å². The number of rotatable bonds is 8. The highest BCUT2D eigenvalue weighted by Crippen LogP contribution is 2.24. The molecule has 0 heterocycles. The van der Waals surface area contributed by atoms with Crippen LogP contribution in [-0.4, -0.2) is 34.0 Å². The molecule has 0 bridgehead atoms. The normalized spacial score (nSPS) is 12.4. The molecule has 0 aliphatic rings. The summed E-state index contributed by atoms with van der Waals surface area (Å²) >= 11 is 19.7. The number of thioether (sulfide) groups is 1. The molecule has 0 saturated heterocycles. The van der Waals surface area contributed by atoms with Crippen molar-refractivity contribution in [1.82, 2.24) is 10.2 Å². The molecular formula is C23H27Cl3N2O2S. The van der Waals surface area contributed by atoms with Gasteiger partial charge in [-0.3, -0.25) is 9.59 Å². The molecule has 1 N–H and O–H groups in total. The summed E-state index contributed by atoms with van der Waals surface area (Å²) in [5, 5.41) is 4.47. The molecule has 31 heavy (non-hydrogen) atoms. The number of nitrogens with zero attached hydrogens (tertiary/aromatic N) is 1. The third kappa shape index (κ3) is 8.57. The smallest absolute Gasteiger partial charge is 0.242 e. The van der Waals surface area contributed by atoms with E-state index in [1.807, 2.05) is 51.1 Å². The topological polar surface area (TPSA) is 49.4 Å². The monoisotopic (exact) mass is 500 g/mol. The van der Waals surface area contributed by atoms with Crippen molar-refractivity contribution in [1.29, 1.82) is 0 Å². The molecule has 0 aromatic heterocycles. The molecule has 8 heteroatoms. The summed E-state index contributed by atoms with van der Waals surface area (Å²) in [6.07, 6.45) is 0. The summed E-state index contributed by atoms with van der Waals surface area (Å²) in [4.78, 5) is 27.5. The summed E-state index contributed by atoms with van der Waals surface area (Å²) in [7, 11) is 0. The summed E-state index contributed by atoms with van der Waals surface area (Å²) in [5.74, 6) is 0.548. The van der Waals surface area contributed by atoms with E-state index in [0.29, 0.717) is 20.8 Å². The Morgan fingerprint density at radius 1 is 1.03 bits per heavy atom. The molecule has 2 aromatic rings. The number of halogens is 3. The van der Waals surface area contributed by atoms with Gasteiger partial charge in [0.2, 0.25) is 11.8 Å². The minimum Gasteiger partial charge on any atom is -0.350 e. The number of nitrogens with one attached hydrogen (secondary N) is 1. The molecule has 2 rings (SSSR count). The molecule has 2 aromatic carbocycles. The molecule has 0 spiro atoms. The largest absolute Gasteiger partial charge is 0.350 e. The lowest BCUT2D eigenvalue weighted by atomic mass is 10.1. The first-order chi connectivity index (χ1) is 14.5. The Kier molecular flexibility index (Phi) is 9.56. The van der Waals surface area contributed by atoms with Gasteiger partial charge in [-0.05, 0) is 63.1 Å². The highest BCUT2D eigenvalue weighted by Gasteiger charge is 2.28. The second-order valence-electron chi connectivity index (χ2n) is 8.31. The Labute approximate surface area is 203 Å². The Morgan fingerprint density at radius 3 is 2.35 bits per heavy atom. The van der Waals surface area contributed by atoms with Crippen molar-refractivity contribution >= 4 is 58.4 Å². The maximum absolute atomic E-state index is 13.1. The van der Waals surface area contributed by atoms with Crippen LogP contribution >= 0.6 is 46.6 Å². The predicted molar refractivity (Wildman–Crippen MR) is 132 cm³/mol.